The topological polar surface area (TPSA) is 71.8 Å². The lowest BCUT2D eigenvalue weighted by molar-refractivity contribution is -0.118. The molecular formula is C18H21N5O2. The lowest BCUT2D eigenvalue weighted by atomic mass is 10.1. The number of hydrogen-bond acceptors (Lipinski definition) is 5. The Labute approximate surface area is 146 Å². The van der Waals surface area contributed by atoms with Gasteiger partial charge in [0.1, 0.15) is 12.3 Å². The van der Waals surface area contributed by atoms with Crippen molar-refractivity contribution in [3.05, 3.63) is 42.5 Å². The highest BCUT2D eigenvalue weighted by atomic mass is 16.5. The predicted molar refractivity (Wildman–Crippen MR) is 93.7 cm³/mol. The Morgan fingerprint density at radius 1 is 1.20 bits per heavy atom. The van der Waals surface area contributed by atoms with Crippen LogP contribution in [0, 0.1) is 0 Å². The van der Waals surface area contributed by atoms with Crippen molar-refractivity contribution in [1.82, 2.24) is 19.8 Å². The van der Waals surface area contributed by atoms with E-state index in [4.69, 9.17) is 4.74 Å². The number of aryl methyl sites for hydroxylation is 1. The van der Waals surface area contributed by atoms with Gasteiger partial charge in [-0.3, -0.25) is 10.1 Å². The Morgan fingerprint density at radius 3 is 3.04 bits per heavy atom. The number of carbonyl (C=O) groups is 1. The van der Waals surface area contributed by atoms with E-state index < -0.39 is 0 Å². The molecule has 2 aliphatic heterocycles. The lowest BCUT2D eigenvalue weighted by Gasteiger charge is -2.23. The quantitative estimate of drug-likeness (QED) is 0.784. The first-order valence-electron chi connectivity index (χ1n) is 8.63. The van der Waals surface area contributed by atoms with Crippen molar-refractivity contribution in [2.75, 3.05) is 13.2 Å². The van der Waals surface area contributed by atoms with Crippen LogP contribution in [0.2, 0.25) is 0 Å². The molecule has 1 fully saturated rings. The molecule has 1 saturated heterocycles. The highest BCUT2D eigenvalue weighted by Gasteiger charge is 2.29. The van der Waals surface area contributed by atoms with Gasteiger partial charge in [0.2, 0.25) is 11.9 Å². The number of aliphatic imine (C=N–C) groups is 1. The number of hydrogen-bond donors (Lipinski definition) is 1. The maximum Gasteiger partial charge on any atom is 0.246 e. The summed E-state index contributed by atoms with van der Waals surface area (Å²) in [5.41, 5.74) is 2.00. The molecule has 0 atom stereocenters. The molecule has 7 heteroatoms. The van der Waals surface area contributed by atoms with Crippen LogP contribution in [0.15, 0.2) is 41.9 Å². The highest BCUT2D eigenvalue weighted by Crippen LogP contribution is 2.30. The van der Waals surface area contributed by atoms with Gasteiger partial charge in [-0.2, -0.15) is 0 Å². The molecule has 25 heavy (non-hydrogen) atoms. The molecule has 1 aromatic carbocycles. The van der Waals surface area contributed by atoms with Crippen LogP contribution in [-0.2, 0) is 17.9 Å². The van der Waals surface area contributed by atoms with Crippen LogP contribution in [0.4, 0.5) is 5.69 Å². The second-order valence-corrected chi connectivity index (χ2v) is 6.34. The molecular weight excluding hydrogens is 318 g/mol. The first kappa shape index (κ1) is 15.7. The SMILES string of the molecule is O=C1CN2Cc3cc(OCCCCCn4ccnc4)ccc3N=C2N1. The minimum atomic E-state index is -0.00118. The third-order valence-electron chi connectivity index (χ3n) is 4.41. The molecule has 2 aliphatic rings. The van der Waals surface area contributed by atoms with E-state index in [1.54, 1.807) is 6.20 Å². The van der Waals surface area contributed by atoms with Gasteiger partial charge < -0.3 is 14.2 Å². The second-order valence-electron chi connectivity index (χ2n) is 6.34. The molecule has 0 saturated carbocycles. The van der Waals surface area contributed by atoms with Crippen LogP contribution < -0.4 is 10.1 Å². The Hall–Kier alpha value is -2.83. The summed E-state index contributed by atoms with van der Waals surface area (Å²) >= 11 is 0. The van der Waals surface area contributed by atoms with Gasteiger partial charge in [0, 0.05) is 31.0 Å². The number of carbonyl (C=O) groups excluding carboxylic acids is 1. The van der Waals surface area contributed by atoms with Crippen molar-refractivity contribution in [3.63, 3.8) is 0 Å². The number of aromatic nitrogens is 2. The van der Waals surface area contributed by atoms with E-state index in [0.717, 1.165) is 42.8 Å². The third-order valence-corrected chi connectivity index (χ3v) is 4.41. The molecule has 0 unspecified atom stereocenters. The fourth-order valence-corrected chi connectivity index (χ4v) is 3.11. The van der Waals surface area contributed by atoms with Crippen LogP contribution >= 0.6 is 0 Å². The zero-order valence-corrected chi connectivity index (χ0v) is 14.0. The number of unbranched alkanes of at least 4 members (excludes halogenated alkanes) is 2. The minimum Gasteiger partial charge on any atom is -0.494 e. The first-order valence-corrected chi connectivity index (χ1v) is 8.63. The summed E-state index contributed by atoms with van der Waals surface area (Å²) in [5.74, 6) is 1.52. The molecule has 0 radical (unpaired) electrons. The number of nitrogens with one attached hydrogen (secondary N) is 1. The normalized spacial score (nSPS) is 15.4. The Kier molecular flexibility index (Phi) is 4.37. The van der Waals surface area contributed by atoms with Crippen LogP contribution in [0.5, 0.6) is 5.75 Å². The smallest absolute Gasteiger partial charge is 0.246 e. The van der Waals surface area contributed by atoms with Gasteiger partial charge in [-0.05, 0) is 37.5 Å². The number of benzene rings is 1. The Bertz CT molecular complexity index is 785. The molecule has 0 aliphatic carbocycles. The molecule has 0 bridgehead atoms. The number of amides is 1. The molecule has 1 aromatic heterocycles. The van der Waals surface area contributed by atoms with E-state index in [1.807, 2.05) is 35.6 Å². The van der Waals surface area contributed by atoms with Crippen LogP contribution in [0.3, 0.4) is 0 Å². The fourth-order valence-electron chi connectivity index (χ4n) is 3.11. The number of imidazole rings is 1. The number of fused-ring (bicyclic) bond motifs is 2. The van der Waals surface area contributed by atoms with Crippen LogP contribution in [0.25, 0.3) is 0 Å². The summed E-state index contributed by atoms with van der Waals surface area (Å²) in [4.78, 5) is 21.9. The summed E-state index contributed by atoms with van der Waals surface area (Å²) in [6.45, 7) is 2.78. The highest BCUT2D eigenvalue weighted by molar-refractivity contribution is 6.05. The lowest BCUT2D eigenvalue weighted by Crippen LogP contribution is -2.31. The number of rotatable bonds is 7. The minimum absolute atomic E-state index is 0.00118. The Morgan fingerprint density at radius 2 is 2.16 bits per heavy atom. The summed E-state index contributed by atoms with van der Waals surface area (Å²) in [5, 5.41) is 2.78. The van der Waals surface area contributed by atoms with Gasteiger partial charge in [0.05, 0.1) is 18.6 Å². The van der Waals surface area contributed by atoms with E-state index in [2.05, 4.69) is 19.9 Å². The zero-order valence-electron chi connectivity index (χ0n) is 14.0. The molecule has 1 N–H and O–H groups in total. The van der Waals surface area contributed by atoms with Crippen molar-refractivity contribution >= 4 is 17.6 Å². The molecule has 0 spiro atoms. The van der Waals surface area contributed by atoms with Crippen LogP contribution in [0.1, 0.15) is 24.8 Å². The van der Waals surface area contributed by atoms with Crippen molar-refractivity contribution in [2.24, 2.45) is 4.99 Å². The monoisotopic (exact) mass is 339 g/mol. The maximum absolute atomic E-state index is 11.5. The third kappa shape index (κ3) is 3.65. The molecule has 4 rings (SSSR count). The maximum atomic E-state index is 11.5. The predicted octanol–water partition coefficient (Wildman–Crippen LogP) is 2.07. The van der Waals surface area contributed by atoms with Gasteiger partial charge in [0.25, 0.3) is 0 Å². The summed E-state index contributed by atoms with van der Waals surface area (Å²) in [6, 6.07) is 5.93. The van der Waals surface area contributed by atoms with Gasteiger partial charge in [0.15, 0.2) is 0 Å². The summed E-state index contributed by atoms with van der Waals surface area (Å²) in [6.07, 6.45) is 8.91. The van der Waals surface area contributed by atoms with E-state index in [0.29, 0.717) is 25.7 Å². The number of nitrogens with zero attached hydrogens (tertiary/aromatic N) is 4. The van der Waals surface area contributed by atoms with Crippen molar-refractivity contribution < 1.29 is 9.53 Å². The van der Waals surface area contributed by atoms with Gasteiger partial charge >= 0.3 is 0 Å². The van der Waals surface area contributed by atoms with Crippen molar-refractivity contribution in [2.45, 2.75) is 32.4 Å². The van der Waals surface area contributed by atoms with Crippen LogP contribution in [-0.4, -0.2) is 39.5 Å². The van der Waals surface area contributed by atoms with E-state index in [1.165, 1.54) is 0 Å². The van der Waals surface area contributed by atoms with Gasteiger partial charge in [-0.15, -0.1) is 0 Å². The number of ether oxygens (including phenoxy) is 1. The van der Waals surface area contributed by atoms with E-state index >= 15 is 0 Å². The van der Waals surface area contributed by atoms with Gasteiger partial charge in [-0.1, -0.05) is 0 Å². The second kappa shape index (κ2) is 6.96. The average Bonchev–Trinajstić information content (AvgIpc) is 3.24. The Balaban J connectivity index is 1.25. The van der Waals surface area contributed by atoms with E-state index in [-0.39, 0.29) is 5.91 Å². The standard InChI is InChI=1S/C18H21N5O2/c24-17-12-23-11-14-10-15(4-5-16(14)20-18(23)21-17)25-9-3-1-2-7-22-8-6-19-13-22/h4-6,8,10,13H,1-3,7,9,11-12H2,(H,20,21,24). The first-order chi connectivity index (χ1) is 12.3. The largest absolute Gasteiger partial charge is 0.494 e. The fraction of sp³-hybridized carbons (Fsp3) is 0.389. The van der Waals surface area contributed by atoms with E-state index in [9.17, 15) is 4.79 Å². The van der Waals surface area contributed by atoms with Crippen molar-refractivity contribution in [3.8, 4) is 5.75 Å². The molecule has 1 amide bonds. The molecule has 130 valence electrons. The molecule has 7 nitrogen and oxygen atoms in total. The molecule has 2 aromatic rings. The summed E-state index contributed by atoms with van der Waals surface area (Å²) in [7, 11) is 0. The number of guanidine groups is 1. The van der Waals surface area contributed by atoms with Gasteiger partial charge in [-0.25, -0.2) is 9.98 Å². The molecule has 3 heterocycles. The zero-order chi connectivity index (χ0) is 17.1. The van der Waals surface area contributed by atoms with Crippen molar-refractivity contribution in [1.29, 1.82) is 0 Å². The average molecular weight is 339 g/mol. The summed E-state index contributed by atoms with van der Waals surface area (Å²) < 4.78 is 7.97.